The van der Waals surface area contributed by atoms with Crippen molar-refractivity contribution < 1.29 is 14.3 Å². The van der Waals surface area contributed by atoms with Crippen LogP contribution in [-0.4, -0.2) is 34.1 Å². The largest absolute Gasteiger partial charge is 0.444 e. The van der Waals surface area contributed by atoms with Gasteiger partial charge in [0.15, 0.2) is 0 Å². The number of alkyl carbamates (subject to hydrolysis) is 1. The first-order valence-electron chi connectivity index (χ1n) is 10.3. The first-order valence-corrected chi connectivity index (χ1v) is 11.1. The van der Waals surface area contributed by atoms with E-state index in [4.69, 9.17) is 4.74 Å². The van der Waals surface area contributed by atoms with E-state index in [2.05, 4.69) is 36.5 Å². The zero-order valence-electron chi connectivity index (χ0n) is 18.1. The van der Waals surface area contributed by atoms with Crippen molar-refractivity contribution in [3.63, 3.8) is 0 Å². The van der Waals surface area contributed by atoms with E-state index in [1.54, 1.807) is 27.0 Å². The van der Waals surface area contributed by atoms with E-state index in [-0.39, 0.29) is 12.5 Å². The zero-order valence-corrected chi connectivity index (χ0v) is 19.7. The van der Waals surface area contributed by atoms with Crippen LogP contribution >= 0.6 is 15.9 Å². The lowest BCUT2D eigenvalue weighted by molar-refractivity contribution is 0.0520. The molecule has 2 aromatic carbocycles. The maximum absolute atomic E-state index is 13.2. The van der Waals surface area contributed by atoms with Crippen molar-refractivity contribution in [1.82, 2.24) is 20.6 Å². The summed E-state index contributed by atoms with van der Waals surface area (Å²) in [5.41, 5.74) is 2.62. The smallest absolute Gasteiger partial charge is 0.407 e. The Labute approximate surface area is 194 Å². The predicted molar refractivity (Wildman–Crippen MR) is 129 cm³/mol. The number of para-hydroxylation sites is 1. The number of ether oxygens (including phenoxy) is 1. The van der Waals surface area contributed by atoms with Crippen molar-refractivity contribution in [2.45, 2.75) is 32.4 Å². The molecule has 1 unspecified atom stereocenters. The van der Waals surface area contributed by atoms with Gasteiger partial charge < -0.3 is 25.3 Å². The number of benzene rings is 2. The van der Waals surface area contributed by atoms with Crippen LogP contribution in [0.3, 0.4) is 0 Å². The lowest BCUT2D eigenvalue weighted by atomic mass is 10.0. The van der Waals surface area contributed by atoms with Crippen LogP contribution in [0.1, 0.15) is 42.7 Å². The monoisotopic (exact) mass is 496 g/mol. The minimum absolute atomic E-state index is 0.175. The number of nitrogens with one attached hydrogen (secondary N) is 4. The van der Waals surface area contributed by atoms with Crippen LogP contribution in [0, 0.1) is 0 Å². The number of aromatic amines is 2. The van der Waals surface area contributed by atoms with Crippen LogP contribution in [0.15, 0.2) is 59.3 Å². The van der Waals surface area contributed by atoms with Crippen molar-refractivity contribution in [1.29, 1.82) is 0 Å². The number of H-pyrrole nitrogens is 2. The first-order chi connectivity index (χ1) is 15.2. The molecule has 7 nitrogen and oxygen atoms in total. The summed E-state index contributed by atoms with van der Waals surface area (Å²) in [4.78, 5) is 31.9. The molecule has 2 aromatic heterocycles. The maximum atomic E-state index is 13.2. The minimum Gasteiger partial charge on any atom is -0.444 e. The van der Waals surface area contributed by atoms with E-state index >= 15 is 0 Å². The topological polar surface area (TPSA) is 99.0 Å². The summed E-state index contributed by atoms with van der Waals surface area (Å²) in [7, 11) is 0. The number of amides is 2. The fourth-order valence-electron chi connectivity index (χ4n) is 3.64. The SMILES string of the molecule is CC(C)(C)OC(=O)NCC(NC(=O)c1c[nH]c2ccc(Br)cc12)c1c[nH]c2ccccc12. The minimum atomic E-state index is -0.610. The Kier molecular flexibility index (Phi) is 5.97. The number of hydrogen-bond acceptors (Lipinski definition) is 3. The van der Waals surface area contributed by atoms with Gasteiger partial charge in [-0.25, -0.2) is 4.79 Å². The number of rotatable bonds is 5. The molecule has 166 valence electrons. The van der Waals surface area contributed by atoms with Crippen molar-refractivity contribution in [3.8, 4) is 0 Å². The predicted octanol–water partition coefficient (Wildman–Crippen LogP) is 5.41. The van der Waals surface area contributed by atoms with Crippen molar-refractivity contribution in [3.05, 3.63) is 70.5 Å². The fourth-order valence-corrected chi connectivity index (χ4v) is 4.00. The van der Waals surface area contributed by atoms with Crippen molar-refractivity contribution in [2.24, 2.45) is 0 Å². The highest BCUT2D eigenvalue weighted by molar-refractivity contribution is 9.10. The summed E-state index contributed by atoms with van der Waals surface area (Å²) in [6.45, 7) is 5.59. The standard InChI is InChI=1S/C24H25BrN4O3/c1-24(2,3)32-23(31)28-13-21(17-11-26-19-7-5-4-6-15(17)19)29-22(30)18-12-27-20-9-8-14(25)10-16(18)20/h4-12,21,26-27H,13H2,1-3H3,(H,28,31)(H,29,30). The van der Waals surface area contributed by atoms with E-state index in [0.717, 1.165) is 31.8 Å². The molecule has 32 heavy (non-hydrogen) atoms. The molecule has 0 aliphatic heterocycles. The molecule has 4 rings (SSSR count). The van der Waals surface area contributed by atoms with Gasteiger partial charge in [0, 0.05) is 50.8 Å². The van der Waals surface area contributed by atoms with Gasteiger partial charge >= 0.3 is 6.09 Å². The molecule has 0 bridgehead atoms. The third kappa shape index (κ3) is 4.80. The Morgan fingerprint density at radius 3 is 2.53 bits per heavy atom. The van der Waals surface area contributed by atoms with Gasteiger partial charge in [-0.3, -0.25) is 4.79 Å². The zero-order chi connectivity index (χ0) is 22.9. The Morgan fingerprint density at radius 1 is 1.03 bits per heavy atom. The summed E-state index contributed by atoms with van der Waals surface area (Å²) in [5.74, 6) is -0.240. The quantitative estimate of drug-likeness (QED) is 0.297. The summed E-state index contributed by atoms with van der Waals surface area (Å²) < 4.78 is 6.25. The summed E-state index contributed by atoms with van der Waals surface area (Å²) in [6, 6.07) is 13.1. The van der Waals surface area contributed by atoms with Crippen LogP contribution in [0.5, 0.6) is 0 Å². The maximum Gasteiger partial charge on any atom is 0.407 e. The summed E-state index contributed by atoms with van der Waals surface area (Å²) in [5, 5.41) is 7.66. The van der Waals surface area contributed by atoms with Crippen LogP contribution in [-0.2, 0) is 4.74 Å². The Morgan fingerprint density at radius 2 is 1.75 bits per heavy atom. The highest BCUT2D eigenvalue weighted by Crippen LogP contribution is 2.26. The molecule has 2 amide bonds. The van der Waals surface area contributed by atoms with Gasteiger partial charge in [0.05, 0.1) is 11.6 Å². The average Bonchev–Trinajstić information content (AvgIpc) is 3.33. The average molecular weight is 497 g/mol. The third-order valence-electron chi connectivity index (χ3n) is 5.04. The van der Waals surface area contributed by atoms with Crippen LogP contribution in [0.4, 0.5) is 4.79 Å². The van der Waals surface area contributed by atoms with Gasteiger partial charge in [-0.05, 0) is 45.0 Å². The number of fused-ring (bicyclic) bond motifs is 2. The van der Waals surface area contributed by atoms with Crippen molar-refractivity contribution >= 4 is 49.7 Å². The van der Waals surface area contributed by atoms with Crippen LogP contribution in [0.25, 0.3) is 21.8 Å². The molecule has 0 saturated heterocycles. The molecule has 0 fully saturated rings. The molecular formula is C24H25BrN4O3. The summed E-state index contributed by atoms with van der Waals surface area (Å²) in [6.07, 6.45) is 3.02. The van der Waals surface area contributed by atoms with Crippen LogP contribution in [0.2, 0.25) is 0 Å². The third-order valence-corrected chi connectivity index (χ3v) is 5.53. The van der Waals surface area contributed by atoms with E-state index in [1.165, 1.54) is 0 Å². The molecule has 0 aliphatic carbocycles. The molecule has 0 radical (unpaired) electrons. The van der Waals surface area contributed by atoms with Crippen LogP contribution < -0.4 is 10.6 Å². The highest BCUT2D eigenvalue weighted by Gasteiger charge is 2.23. The van der Waals surface area contributed by atoms with Gasteiger partial charge in [-0.15, -0.1) is 0 Å². The van der Waals surface area contributed by atoms with E-state index < -0.39 is 17.7 Å². The molecule has 4 N–H and O–H groups in total. The second-order valence-electron chi connectivity index (χ2n) is 8.59. The molecule has 4 aromatic rings. The highest BCUT2D eigenvalue weighted by atomic mass is 79.9. The van der Waals surface area contributed by atoms with E-state index in [1.807, 2.05) is 48.7 Å². The molecule has 0 saturated carbocycles. The number of halogens is 1. The van der Waals surface area contributed by atoms with Gasteiger partial charge in [0.25, 0.3) is 5.91 Å². The molecular weight excluding hydrogens is 472 g/mol. The fraction of sp³-hybridized carbons (Fsp3) is 0.250. The second-order valence-corrected chi connectivity index (χ2v) is 9.51. The lowest BCUT2D eigenvalue weighted by Gasteiger charge is -2.22. The number of aromatic nitrogens is 2. The number of hydrogen-bond donors (Lipinski definition) is 4. The molecule has 0 spiro atoms. The normalized spacial score (nSPS) is 12.6. The lowest BCUT2D eigenvalue weighted by Crippen LogP contribution is -2.40. The van der Waals surface area contributed by atoms with E-state index in [0.29, 0.717) is 5.56 Å². The van der Waals surface area contributed by atoms with E-state index in [9.17, 15) is 9.59 Å². The Hall–Kier alpha value is -3.26. The molecule has 1 atom stereocenters. The molecule has 8 heteroatoms. The van der Waals surface area contributed by atoms with Gasteiger partial charge in [0.2, 0.25) is 0 Å². The number of carbonyl (C=O) groups excluding carboxylic acids is 2. The van der Waals surface area contributed by atoms with Gasteiger partial charge in [-0.2, -0.15) is 0 Å². The summed E-state index contributed by atoms with van der Waals surface area (Å²) >= 11 is 3.46. The molecule has 2 heterocycles. The Bertz CT molecular complexity index is 1290. The molecule has 0 aliphatic rings. The first kappa shape index (κ1) is 22.0. The Balaban J connectivity index is 1.62. The van der Waals surface area contributed by atoms with Gasteiger partial charge in [0.1, 0.15) is 5.60 Å². The second kappa shape index (κ2) is 8.70. The van der Waals surface area contributed by atoms with Crippen molar-refractivity contribution in [2.75, 3.05) is 6.54 Å². The number of carbonyl (C=O) groups is 2. The van der Waals surface area contributed by atoms with Gasteiger partial charge in [-0.1, -0.05) is 34.1 Å².